The number of carbonyl (C=O) groups is 2. The van der Waals surface area contributed by atoms with Crippen molar-refractivity contribution in [1.29, 1.82) is 0 Å². The van der Waals surface area contributed by atoms with E-state index in [0.717, 1.165) is 16.2 Å². The summed E-state index contributed by atoms with van der Waals surface area (Å²) >= 11 is 1.05. The van der Waals surface area contributed by atoms with Crippen molar-refractivity contribution < 1.29 is 38.3 Å². The van der Waals surface area contributed by atoms with E-state index in [9.17, 15) is 14.7 Å². The summed E-state index contributed by atoms with van der Waals surface area (Å²) in [5, 5.41) is 10.6. The van der Waals surface area contributed by atoms with E-state index in [2.05, 4.69) is 4.98 Å². The number of amides is 1. The normalized spacial score (nSPS) is 13.7. The molecule has 6 nitrogen and oxygen atoms in total. The van der Waals surface area contributed by atoms with Crippen LogP contribution in [0.1, 0.15) is 41.1 Å². The molecule has 2 heterocycles. The van der Waals surface area contributed by atoms with E-state index in [1.54, 1.807) is 20.8 Å². The first-order chi connectivity index (χ1) is 8.26. The molecule has 1 aliphatic heterocycles. The maximum absolute atomic E-state index is 11.8. The molecule has 0 N–H and O–H groups in total. The molecule has 8 heteroatoms. The smallest absolute Gasteiger partial charge is 0.542 e. The third kappa shape index (κ3) is 3.72. The number of nitrogens with zero attached hydrogens (tertiary/aromatic N) is 2. The van der Waals surface area contributed by atoms with Crippen LogP contribution in [0, 0.1) is 0 Å². The van der Waals surface area contributed by atoms with Crippen molar-refractivity contribution in [3.63, 3.8) is 0 Å². The number of hydrogen-bond acceptors (Lipinski definition) is 6. The van der Waals surface area contributed by atoms with Gasteiger partial charge in [-0.15, -0.1) is 11.3 Å². The van der Waals surface area contributed by atoms with Crippen LogP contribution in [-0.4, -0.2) is 27.5 Å². The zero-order valence-corrected chi connectivity index (χ0v) is 12.2. The van der Waals surface area contributed by atoms with E-state index in [4.69, 9.17) is 4.74 Å². The zero-order valence-electron chi connectivity index (χ0n) is 11.3. The Hall–Kier alpha value is -1.03. The van der Waals surface area contributed by atoms with Crippen LogP contribution in [0.5, 0.6) is 0 Å². The molecule has 0 fully saturated rings. The molecule has 98 valence electrons. The Morgan fingerprint density at radius 3 is 2.47 bits per heavy atom. The molecule has 1 amide bonds. The summed E-state index contributed by atoms with van der Waals surface area (Å²) in [5.74, 6) is -1.28. The van der Waals surface area contributed by atoms with Crippen LogP contribution in [0.15, 0.2) is 0 Å². The van der Waals surface area contributed by atoms with Crippen LogP contribution in [-0.2, 0) is 17.8 Å². The molecule has 19 heavy (non-hydrogen) atoms. The average molecular weight is 276 g/mol. The fraction of sp³-hybridized carbons (Fsp3) is 0.545. The molecule has 0 saturated carbocycles. The minimum Gasteiger partial charge on any atom is -0.542 e. The maximum atomic E-state index is 11.8. The fourth-order valence-corrected chi connectivity index (χ4v) is 2.50. The van der Waals surface area contributed by atoms with Crippen LogP contribution >= 0.6 is 11.3 Å². The summed E-state index contributed by atoms with van der Waals surface area (Å²) in [6, 6.07) is 0. The topological polar surface area (TPSA) is 82.6 Å². The van der Waals surface area contributed by atoms with Crippen LogP contribution in [0.2, 0.25) is 0 Å². The second-order valence-corrected chi connectivity index (χ2v) is 6.10. The van der Waals surface area contributed by atoms with Gasteiger partial charge < -0.3 is 14.6 Å². The molecule has 0 saturated heterocycles. The van der Waals surface area contributed by atoms with Crippen molar-refractivity contribution in [2.75, 3.05) is 0 Å². The molecule has 2 rings (SSSR count). The number of ether oxygens (including phenoxy) is 1. The van der Waals surface area contributed by atoms with E-state index < -0.39 is 17.7 Å². The van der Waals surface area contributed by atoms with Crippen LogP contribution < -0.4 is 24.0 Å². The van der Waals surface area contributed by atoms with Crippen molar-refractivity contribution in [2.24, 2.45) is 0 Å². The summed E-state index contributed by atoms with van der Waals surface area (Å²) in [6.07, 6.45) is -0.414. The van der Waals surface area contributed by atoms with E-state index in [-0.39, 0.29) is 30.4 Å². The molecule has 0 spiro atoms. The van der Waals surface area contributed by atoms with Crippen molar-refractivity contribution >= 4 is 23.4 Å². The number of carboxylic acids is 1. The number of aromatic nitrogens is 1. The predicted octanol–water partition coefficient (Wildman–Crippen LogP) is -2.24. The predicted molar refractivity (Wildman–Crippen MR) is 61.9 cm³/mol. The summed E-state index contributed by atoms with van der Waals surface area (Å²) < 4.78 is 5.24. The molecule has 1 aromatic heterocycles. The van der Waals surface area contributed by atoms with Gasteiger partial charge in [-0.05, 0) is 20.8 Å². The van der Waals surface area contributed by atoms with Crippen molar-refractivity contribution in [3.8, 4) is 0 Å². The Morgan fingerprint density at radius 1 is 1.37 bits per heavy atom. The largest absolute Gasteiger partial charge is 1.00 e. The van der Waals surface area contributed by atoms with Gasteiger partial charge in [0.15, 0.2) is 0 Å². The van der Waals surface area contributed by atoms with Gasteiger partial charge >= 0.3 is 25.0 Å². The molecule has 0 aliphatic carbocycles. The summed E-state index contributed by atoms with van der Waals surface area (Å²) in [4.78, 5) is 28.6. The number of hydrogen-bond donors (Lipinski definition) is 0. The van der Waals surface area contributed by atoms with Crippen molar-refractivity contribution in [3.05, 3.63) is 15.6 Å². The Labute approximate surface area is 126 Å². The number of fused-ring (bicyclic) bond motifs is 1. The van der Waals surface area contributed by atoms with Crippen LogP contribution in [0.4, 0.5) is 4.79 Å². The molecule has 1 aliphatic rings. The zero-order chi connectivity index (χ0) is 13.5. The Morgan fingerprint density at radius 2 is 2.00 bits per heavy atom. The third-order valence-electron chi connectivity index (χ3n) is 2.28. The minimum absolute atomic E-state index is 0. The first-order valence-electron chi connectivity index (χ1n) is 5.44. The van der Waals surface area contributed by atoms with Crippen molar-refractivity contribution in [1.82, 2.24) is 9.88 Å². The van der Waals surface area contributed by atoms with Gasteiger partial charge in [-0.25, -0.2) is 9.78 Å². The Balaban J connectivity index is 0.00000180. The standard InChI is InChI=1S/C11H14N2O4S.Li/c1-11(2,3)17-10(16)13-4-6-7(5-13)18-8(12-6)9(14)15;/h4-5H2,1-3H3,(H,14,15);/q;+1/p-1. The van der Waals surface area contributed by atoms with Gasteiger partial charge in [-0.3, -0.25) is 4.90 Å². The molecular formula is C11H13LiN2O4S. The molecular weight excluding hydrogens is 263 g/mol. The summed E-state index contributed by atoms with van der Waals surface area (Å²) in [5.41, 5.74) is 0.0708. The van der Waals surface area contributed by atoms with Crippen molar-refractivity contribution in [2.45, 2.75) is 39.5 Å². The SMILES string of the molecule is CC(C)(C)OC(=O)N1Cc2nc(C(=O)[O-])sc2C1.[Li+]. The molecule has 1 aromatic rings. The van der Waals surface area contributed by atoms with Gasteiger partial charge in [0.1, 0.15) is 16.6 Å². The third-order valence-corrected chi connectivity index (χ3v) is 3.34. The number of aromatic carboxylic acids is 1. The van der Waals surface area contributed by atoms with E-state index in [1.807, 2.05) is 0 Å². The number of carboxylic acid groups (broad SMARTS) is 1. The Kier molecular flexibility index (Phi) is 4.66. The van der Waals surface area contributed by atoms with Gasteiger partial charge in [-0.2, -0.15) is 0 Å². The van der Waals surface area contributed by atoms with Crippen LogP contribution in [0.25, 0.3) is 0 Å². The summed E-state index contributed by atoms with van der Waals surface area (Å²) in [6.45, 7) is 6.01. The molecule has 0 aromatic carbocycles. The van der Waals surface area contributed by atoms with Gasteiger partial charge in [-0.1, -0.05) is 0 Å². The molecule has 0 atom stereocenters. The minimum atomic E-state index is -1.28. The first-order valence-corrected chi connectivity index (χ1v) is 6.26. The second kappa shape index (κ2) is 5.53. The monoisotopic (exact) mass is 276 g/mol. The van der Waals surface area contributed by atoms with E-state index >= 15 is 0 Å². The summed E-state index contributed by atoms with van der Waals surface area (Å²) in [7, 11) is 0. The molecule has 0 radical (unpaired) electrons. The second-order valence-electron chi connectivity index (χ2n) is 5.01. The number of rotatable bonds is 1. The Bertz CT molecular complexity index is 486. The maximum Gasteiger partial charge on any atom is 1.00 e. The molecule has 0 bridgehead atoms. The van der Waals surface area contributed by atoms with Gasteiger partial charge in [0, 0.05) is 4.88 Å². The number of thiazole rings is 1. The van der Waals surface area contributed by atoms with Gasteiger partial charge in [0.25, 0.3) is 0 Å². The van der Waals surface area contributed by atoms with E-state index in [0.29, 0.717) is 12.2 Å². The first kappa shape index (κ1) is 16.0. The van der Waals surface area contributed by atoms with Gasteiger partial charge in [0.2, 0.25) is 0 Å². The average Bonchev–Trinajstić information content (AvgIpc) is 2.69. The van der Waals surface area contributed by atoms with E-state index in [1.165, 1.54) is 4.90 Å². The fourth-order valence-electron chi connectivity index (χ4n) is 1.58. The molecule has 0 unspecified atom stereocenters. The quantitative estimate of drug-likeness (QED) is 0.542. The number of carbonyl (C=O) groups excluding carboxylic acids is 2. The van der Waals surface area contributed by atoms with Crippen LogP contribution in [0.3, 0.4) is 0 Å². The van der Waals surface area contributed by atoms with Gasteiger partial charge in [0.05, 0.1) is 18.8 Å².